The number of fused-ring (bicyclic) bond motifs is 1. The third-order valence-corrected chi connectivity index (χ3v) is 3.51. The first-order valence-corrected chi connectivity index (χ1v) is 5.90. The molecule has 0 saturated carbocycles. The standard InChI is InChI=1S/C13H18N2/c1-10-8-15(9-10)13-3-2-11-4-5-14-7-12(11)6-13/h2-3,6,10,14H,4-5,7-9H2,1H3. The molecule has 2 aliphatic rings. The summed E-state index contributed by atoms with van der Waals surface area (Å²) in [7, 11) is 0. The van der Waals surface area contributed by atoms with Crippen LogP contribution in [0.1, 0.15) is 18.1 Å². The molecule has 1 aromatic rings. The third-order valence-electron chi connectivity index (χ3n) is 3.51. The minimum Gasteiger partial charge on any atom is -0.371 e. The van der Waals surface area contributed by atoms with E-state index < -0.39 is 0 Å². The summed E-state index contributed by atoms with van der Waals surface area (Å²) in [6.07, 6.45) is 1.19. The average molecular weight is 202 g/mol. The van der Waals surface area contributed by atoms with Crippen LogP contribution in [0.2, 0.25) is 0 Å². The summed E-state index contributed by atoms with van der Waals surface area (Å²) in [6.45, 7) is 6.95. The van der Waals surface area contributed by atoms with Crippen LogP contribution in [0.25, 0.3) is 0 Å². The fraction of sp³-hybridized carbons (Fsp3) is 0.538. The summed E-state index contributed by atoms with van der Waals surface area (Å²) in [5.74, 6) is 0.874. The van der Waals surface area contributed by atoms with Gasteiger partial charge < -0.3 is 10.2 Å². The number of rotatable bonds is 1. The molecule has 80 valence electrons. The first-order valence-electron chi connectivity index (χ1n) is 5.90. The molecule has 3 rings (SSSR count). The lowest BCUT2D eigenvalue weighted by Crippen LogP contribution is -2.45. The summed E-state index contributed by atoms with van der Waals surface area (Å²) in [6, 6.07) is 6.97. The van der Waals surface area contributed by atoms with Crippen molar-refractivity contribution in [2.24, 2.45) is 5.92 Å². The Bertz CT molecular complexity index is 367. The van der Waals surface area contributed by atoms with Crippen molar-refractivity contribution in [3.8, 4) is 0 Å². The van der Waals surface area contributed by atoms with Crippen LogP contribution in [-0.2, 0) is 13.0 Å². The molecule has 2 aliphatic heterocycles. The molecule has 0 unspecified atom stereocenters. The van der Waals surface area contributed by atoms with Gasteiger partial charge in [-0.15, -0.1) is 0 Å². The molecule has 1 N–H and O–H groups in total. The summed E-state index contributed by atoms with van der Waals surface area (Å²) >= 11 is 0. The zero-order chi connectivity index (χ0) is 10.3. The molecule has 0 atom stereocenters. The van der Waals surface area contributed by atoms with Crippen LogP contribution in [0.4, 0.5) is 5.69 Å². The predicted molar refractivity (Wildman–Crippen MR) is 63.2 cm³/mol. The Labute approximate surface area is 91.3 Å². The first kappa shape index (κ1) is 9.22. The molecule has 2 heterocycles. The number of hydrogen-bond acceptors (Lipinski definition) is 2. The molecule has 0 aromatic heterocycles. The predicted octanol–water partition coefficient (Wildman–Crippen LogP) is 1.79. The molecule has 2 nitrogen and oxygen atoms in total. The van der Waals surface area contributed by atoms with Crippen molar-refractivity contribution < 1.29 is 0 Å². The maximum Gasteiger partial charge on any atom is 0.0369 e. The second-order valence-electron chi connectivity index (χ2n) is 4.89. The molecular weight excluding hydrogens is 184 g/mol. The van der Waals surface area contributed by atoms with E-state index >= 15 is 0 Å². The van der Waals surface area contributed by atoms with Gasteiger partial charge in [0.05, 0.1) is 0 Å². The van der Waals surface area contributed by atoms with Crippen LogP contribution in [0.15, 0.2) is 18.2 Å². The van der Waals surface area contributed by atoms with Gasteiger partial charge in [-0.1, -0.05) is 13.0 Å². The van der Waals surface area contributed by atoms with Crippen molar-refractivity contribution >= 4 is 5.69 Å². The normalized spacial score (nSPS) is 21.0. The van der Waals surface area contributed by atoms with Gasteiger partial charge >= 0.3 is 0 Å². The van der Waals surface area contributed by atoms with E-state index in [1.807, 2.05) is 0 Å². The van der Waals surface area contributed by atoms with E-state index in [1.54, 1.807) is 0 Å². The summed E-state index contributed by atoms with van der Waals surface area (Å²) in [5, 5.41) is 3.43. The smallest absolute Gasteiger partial charge is 0.0369 e. The molecule has 15 heavy (non-hydrogen) atoms. The van der Waals surface area contributed by atoms with Gasteiger partial charge in [-0.3, -0.25) is 0 Å². The van der Waals surface area contributed by atoms with Crippen LogP contribution in [0.5, 0.6) is 0 Å². The molecule has 1 fully saturated rings. The van der Waals surface area contributed by atoms with Crippen LogP contribution in [0.3, 0.4) is 0 Å². The lowest BCUT2D eigenvalue weighted by atomic mass is 9.97. The SMILES string of the molecule is CC1CN(c2ccc3c(c2)CNCC3)C1. The highest BCUT2D eigenvalue weighted by molar-refractivity contribution is 5.53. The van der Waals surface area contributed by atoms with Crippen LogP contribution >= 0.6 is 0 Å². The van der Waals surface area contributed by atoms with E-state index in [1.165, 1.54) is 36.3 Å². The second kappa shape index (κ2) is 3.53. The number of anilines is 1. The van der Waals surface area contributed by atoms with Crippen molar-refractivity contribution in [2.75, 3.05) is 24.5 Å². The van der Waals surface area contributed by atoms with Gasteiger partial charge in [0.25, 0.3) is 0 Å². The molecule has 0 radical (unpaired) electrons. The molecule has 0 amide bonds. The lowest BCUT2D eigenvalue weighted by molar-refractivity contribution is 0.447. The van der Waals surface area contributed by atoms with E-state index in [0.717, 1.165) is 19.0 Å². The Morgan fingerprint density at radius 1 is 1.27 bits per heavy atom. The van der Waals surface area contributed by atoms with Crippen molar-refractivity contribution in [1.29, 1.82) is 0 Å². The van der Waals surface area contributed by atoms with E-state index in [4.69, 9.17) is 0 Å². The van der Waals surface area contributed by atoms with Crippen molar-refractivity contribution in [1.82, 2.24) is 5.32 Å². The Morgan fingerprint density at radius 3 is 2.93 bits per heavy atom. The van der Waals surface area contributed by atoms with Gasteiger partial charge in [0.1, 0.15) is 0 Å². The molecule has 1 aromatic carbocycles. The van der Waals surface area contributed by atoms with Gasteiger partial charge in [0.2, 0.25) is 0 Å². The number of benzene rings is 1. The number of nitrogens with zero attached hydrogens (tertiary/aromatic N) is 1. The molecule has 1 saturated heterocycles. The highest BCUT2D eigenvalue weighted by Crippen LogP contribution is 2.27. The number of nitrogens with one attached hydrogen (secondary N) is 1. The highest BCUT2D eigenvalue weighted by atomic mass is 15.2. The van der Waals surface area contributed by atoms with Gasteiger partial charge in [-0.25, -0.2) is 0 Å². The fourth-order valence-corrected chi connectivity index (χ4v) is 2.57. The van der Waals surface area contributed by atoms with Gasteiger partial charge in [0.15, 0.2) is 0 Å². The quantitative estimate of drug-likeness (QED) is 0.747. The van der Waals surface area contributed by atoms with Gasteiger partial charge in [-0.05, 0) is 42.1 Å². The topological polar surface area (TPSA) is 15.3 Å². The Hall–Kier alpha value is -1.02. The Balaban J connectivity index is 1.85. The lowest BCUT2D eigenvalue weighted by Gasteiger charge is -2.39. The van der Waals surface area contributed by atoms with Crippen LogP contribution in [0, 0.1) is 5.92 Å². The van der Waals surface area contributed by atoms with E-state index in [0.29, 0.717) is 0 Å². The number of hydrogen-bond donors (Lipinski definition) is 1. The van der Waals surface area contributed by atoms with Gasteiger partial charge in [-0.2, -0.15) is 0 Å². The maximum absolute atomic E-state index is 3.43. The Morgan fingerprint density at radius 2 is 2.13 bits per heavy atom. The van der Waals surface area contributed by atoms with Crippen LogP contribution in [-0.4, -0.2) is 19.6 Å². The molecule has 2 heteroatoms. The third kappa shape index (κ3) is 1.63. The zero-order valence-electron chi connectivity index (χ0n) is 9.29. The van der Waals surface area contributed by atoms with Gasteiger partial charge in [0, 0.05) is 25.3 Å². The zero-order valence-corrected chi connectivity index (χ0v) is 9.29. The fourth-order valence-electron chi connectivity index (χ4n) is 2.57. The van der Waals surface area contributed by atoms with Crippen molar-refractivity contribution in [3.63, 3.8) is 0 Å². The minimum absolute atomic E-state index is 0.874. The molecule has 0 spiro atoms. The summed E-state index contributed by atoms with van der Waals surface area (Å²) in [5.41, 5.74) is 4.44. The first-order chi connectivity index (χ1) is 7.33. The van der Waals surface area contributed by atoms with Crippen LogP contribution < -0.4 is 10.2 Å². The highest BCUT2D eigenvalue weighted by Gasteiger charge is 2.23. The summed E-state index contributed by atoms with van der Waals surface area (Å²) < 4.78 is 0. The average Bonchev–Trinajstić information content (AvgIpc) is 2.24. The largest absolute Gasteiger partial charge is 0.371 e. The summed E-state index contributed by atoms with van der Waals surface area (Å²) in [4.78, 5) is 2.47. The monoisotopic (exact) mass is 202 g/mol. The maximum atomic E-state index is 3.43. The minimum atomic E-state index is 0.874. The Kier molecular flexibility index (Phi) is 2.17. The van der Waals surface area contributed by atoms with E-state index in [2.05, 4.69) is 35.3 Å². The second-order valence-corrected chi connectivity index (χ2v) is 4.89. The van der Waals surface area contributed by atoms with E-state index in [9.17, 15) is 0 Å². The molecule has 0 bridgehead atoms. The molecule has 0 aliphatic carbocycles. The molecular formula is C13H18N2. The van der Waals surface area contributed by atoms with Crippen molar-refractivity contribution in [2.45, 2.75) is 19.9 Å². The van der Waals surface area contributed by atoms with Crippen molar-refractivity contribution in [3.05, 3.63) is 29.3 Å². The van der Waals surface area contributed by atoms with E-state index in [-0.39, 0.29) is 0 Å².